The smallest absolute Gasteiger partial charge is 0.407 e. The van der Waals surface area contributed by atoms with Crippen molar-refractivity contribution in [2.75, 3.05) is 13.7 Å². The van der Waals surface area contributed by atoms with E-state index < -0.39 is 77.0 Å². The summed E-state index contributed by atoms with van der Waals surface area (Å²) < 4.78 is 36.6. The Balaban J connectivity index is 2.50. The summed E-state index contributed by atoms with van der Waals surface area (Å²) in [5, 5.41) is 14.2. The van der Waals surface area contributed by atoms with Crippen molar-refractivity contribution in [3.8, 4) is 5.75 Å². The molecule has 1 aliphatic heterocycles. The Labute approximate surface area is 221 Å². The Hall–Kier alpha value is -4.47. The third-order valence-electron chi connectivity index (χ3n) is 4.99. The minimum atomic E-state index is -1.79. The summed E-state index contributed by atoms with van der Waals surface area (Å²) in [6, 6.07) is 3.59. The lowest BCUT2D eigenvalue weighted by Crippen LogP contribution is -2.64. The van der Waals surface area contributed by atoms with Crippen molar-refractivity contribution in [2.24, 2.45) is 0 Å². The Morgan fingerprint density at radius 2 is 1.56 bits per heavy atom. The molecule has 214 valence electrons. The van der Waals surface area contributed by atoms with Crippen molar-refractivity contribution in [1.82, 2.24) is 5.32 Å². The minimum absolute atomic E-state index is 0.238. The van der Waals surface area contributed by atoms with Crippen LogP contribution in [-0.4, -0.2) is 79.3 Å². The fourth-order valence-corrected chi connectivity index (χ4v) is 3.54. The standard InChI is InChI=1S/C23H28N2O14/c1-6-24-23(30)34-10-14-7-8-16(15(9-14)25(31)32)38-22-20(37-13(4)28)18(36-12(3)27)17(35-11(2)26)19(39-22)21(29)33-5/h7-9,17-20,22H,6,10H2,1-5H3,(H,24,30)/t17-,18?,19?,20-,22+/m0/s1. The van der Waals surface area contributed by atoms with Gasteiger partial charge in [0.05, 0.1) is 12.0 Å². The number of methoxy groups -OCH3 is 1. The number of hydrogen-bond acceptors (Lipinski definition) is 14. The lowest BCUT2D eigenvalue weighted by atomic mass is 9.97. The molecule has 39 heavy (non-hydrogen) atoms. The molecule has 1 aromatic rings. The fraction of sp³-hybridized carbons (Fsp3) is 0.522. The zero-order valence-electron chi connectivity index (χ0n) is 21.7. The van der Waals surface area contributed by atoms with Gasteiger partial charge < -0.3 is 38.5 Å². The van der Waals surface area contributed by atoms with Crippen LogP contribution >= 0.6 is 0 Å². The number of nitrogens with zero attached hydrogens (tertiary/aromatic N) is 1. The highest BCUT2D eigenvalue weighted by Crippen LogP contribution is 2.35. The van der Waals surface area contributed by atoms with Crippen molar-refractivity contribution in [2.45, 2.75) is 65.0 Å². The van der Waals surface area contributed by atoms with E-state index in [1.165, 1.54) is 6.07 Å². The summed E-state index contributed by atoms with van der Waals surface area (Å²) in [7, 11) is 1.01. The van der Waals surface area contributed by atoms with Gasteiger partial charge in [0.25, 0.3) is 0 Å². The highest BCUT2D eigenvalue weighted by molar-refractivity contribution is 5.77. The SMILES string of the molecule is CCNC(=O)OCc1ccc(O[C@@H]2OC(C(=O)OC)[C@@H](OC(C)=O)C(OC(C)=O)[C@@H]2OC(C)=O)c([N+](=O)[O-])c1. The van der Waals surface area contributed by atoms with Crippen LogP contribution in [0.25, 0.3) is 0 Å². The number of hydrogen-bond donors (Lipinski definition) is 1. The topological polar surface area (TPSA) is 205 Å². The Morgan fingerprint density at radius 1 is 0.974 bits per heavy atom. The second kappa shape index (κ2) is 13.9. The molecule has 1 fully saturated rings. The number of carbonyl (C=O) groups is 5. The highest BCUT2D eigenvalue weighted by atomic mass is 16.7. The van der Waals surface area contributed by atoms with Crippen LogP contribution in [0.15, 0.2) is 18.2 Å². The summed E-state index contributed by atoms with van der Waals surface area (Å²) in [5.74, 6) is -4.17. The minimum Gasteiger partial charge on any atom is -0.467 e. The monoisotopic (exact) mass is 556 g/mol. The van der Waals surface area contributed by atoms with Crippen molar-refractivity contribution in [3.63, 3.8) is 0 Å². The number of amides is 1. The molecule has 0 saturated carbocycles. The van der Waals surface area contributed by atoms with Gasteiger partial charge in [-0.15, -0.1) is 0 Å². The first-order chi connectivity index (χ1) is 18.4. The van der Waals surface area contributed by atoms with Gasteiger partial charge in [0.1, 0.15) is 6.61 Å². The molecule has 0 radical (unpaired) electrons. The van der Waals surface area contributed by atoms with Gasteiger partial charge in [-0.05, 0) is 18.6 Å². The average molecular weight is 556 g/mol. The Kier molecular flexibility index (Phi) is 11.0. The maximum Gasteiger partial charge on any atom is 0.407 e. The molecule has 1 saturated heterocycles. The molecule has 2 rings (SSSR count). The van der Waals surface area contributed by atoms with E-state index in [9.17, 15) is 34.1 Å². The second-order valence-electron chi connectivity index (χ2n) is 7.95. The van der Waals surface area contributed by atoms with Crippen molar-refractivity contribution >= 4 is 35.7 Å². The van der Waals surface area contributed by atoms with Gasteiger partial charge in [-0.3, -0.25) is 24.5 Å². The lowest BCUT2D eigenvalue weighted by molar-refractivity contribution is -0.387. The molecule has 0 spiro atoms. The van der Waals surface area contributed by atoms with E-state index in [1.54, 1.807) is 6.92 Å². The quantitative estimate of drug-likeness (QED) is 0.184. The number of esters is 4. The molecule has 16 nitrogen and oxygen atoms in total. The number of carbonyl (C=O) groups excluding carboxylic acids is 5. The number of nitrogens with one attached hydrogen (secondary N) is 1. The van der Waals surface area contributed by atoms with E-state index in [0.717, 1.165) is 40.0 Å². The second-order valence-corrected chi connectivity index (χ2v) is 7.95. The van der Waals surface area contributed by atoms with Gasteiger partial charge in [-0.1, -0.05) is 6.07 Å². The highest BCUT2D eigenvalue weighted by Gasteiger charge is 2.56. The van der Waals surface area contributed by atoms with Crippen LogP contribution < -0.4 is 10.1 Å². The number of nitro benzene ring substituents is 1. The van der Waals surface area contributed by atoms with Crippen LogP contribution in [0.2, 0.25) is 0 Å². The Bertz CT molecular complexity index is 1110. The van der Waals surface area contributed by atoms with Crippen LogP contribution in [0.3, 0.4) is 0 Å². The molecular formula is C23H28N2O14. The van der Waals surface area contributed by atoms with Crippen LogP contribution in [0.4, 0.5) is 10.5 Å². The maximum atomic E-state index is 12.5. The zero-order chi connectivity index (χ0) is 29.3. The molecule has 0 bridgehead atoms. The molecule has 5 atom stereocenters. The Morgan fingerprint density at radius 3 is 2.10 bits per heavy atom. The molecule has 1 aromatic carbocycles. The largest absolute Gasteiger partial charge is 0.467 e. The average Bonchev–Trinajstić information content (AvgIpc) is 2.85. The van der Waals surface area contributed by atoms with Gasteiger partial charge in [0.15, 0.2) is 24.1 Å². The normalized spacial score (nSPS) is 22.0. The third kappa shape index (κ3) is 8.53. The lowest BCUT2D eigenvalue weighted by Gasteiger charge is -2.42. The molecule has 1 amide bonds. The van der Waals surface area contributed by atoms with E-state index in [-0.39, 0.29) is 12.2 Å². The third-order valence-corrected chi connectivity index (χ3v) is 4.99. The first kappa shape index (κ1) is 30.8. The molecular weight excluding hydrogens is 528 g/mol. The van der Waals surface area contributed by atoms with E-state index in [0.29, 0.717) is 6.54 Å². The first-order valence-electron chi connectivity index (χ1n) is 11.5. The molecule has 0 aliphatic carbocycles. The summed E-state index contributed by atoms with van der Waals surface area (Å²) in [6.45, 7) is 4.74. The molecule has 0 aromatic heterocycles. The predicted molar refractivity (Wildman–Crippen MR) is 125 cm³/mol. The van der Waals surface area contributed by atoms with Gasteiger partial charge >= 0.3 is 35.7 Å². The number of rotatable bonds is 10. The molecule has 2 unspecified atom stereocenters. The summed E-state index contributed by atoms with van der Waals surface area (Å²) in [5.41, 5.74) is -0.362. The summed E-state index contributed by atoms with van der Waals surface area (Å²) >= 11 is 0. The zero-order valence-corrected chi connectivity index (χ0v) is 21.7. The molecule has 1 aliphatic rings. The van der Waals surface area contributed by atoms with Crippen LogP contribution in [0.1, 0.15) is 33.3 Å². The number of benzene rings is 1. The molecule has 1 N–H and O–H groups in total. The van der Waals surface area contributed by atoms with Gasteiger partial charge in [-0.25, -0.2) is 9.59 Å². The van der Waals surface area contributed by atoms with Crippen LogP contribution in [0.5, 0.6) is 5.75 Å². The number of alkyl carbamates (subject to hydrolysis) is 1. The van der Waals surface area contributed by atoms with E-state index in [4.69, 9.17) is 33.2 Å². The predicted octanol–water partition coefficient (Wildman–Crippen LogP) is 0.913. The van der Waals surface area contributed by atoms with Crippen molar-refractivity contribution in [1.29, 1.82) is 0 Å². The van der Waals surface area contributed by atoms with E-state index in [1.807, 2.05) is 0 Å². The fourth-order valence-electron chi connectivity index (χ4n) is 3.54. The molecule has 16 heteroatoms. The first-order valence-corrected chi connectivity index (χ1v) is 11.5. The van der Waals surface area contributed by atoms with Crippen molar-refractivity contribution < 1.29 is 62.1 Å². The van der Waals surface area contributed by atoms with Gasteiger partial charge in [0, 0.05) is 33.4 Å². The summed E-state index contributed by atoms with van der Waals surface area (Å²) in [6.07, 6.45) is -9.19. The van der Waals surface area contributed by atoms with E-state index in [2.05, 4.69) is 5.32 Å². The van der Waals surface area contributed by atoms with Gasteiger partial charge in [0.2, 0.25) is 12.4 Å². The summed E-state index contributed by atoms with van der Waals surface area (Å²) in [4.78, 5) is 70.6. The van der Waals surface area contributed by atoms with Crippen molar-refractivity contribution in [3.05, 3.63) is 33.9 Å². The van der Waals surface area contributed by atoms with Crippen LogP contribution in [0, 0.1) is 10.1 Å². The number of ether oxygens (including phenoxy) is 7. The maximum absolute atomic E-state index is 12.5. The molecule has 1 heterocycles. The van der Waals surface area contributed by atoms with Gasteiger partial charge in [-0.2, -0.15) is 0 Å². The van der Waals surface area contributed by atoms with E-state index >= 15 is 0 Å². The number of nitro groups is 1. The van der Waals surface area contributed by atoms with Crippen LogP contribution in [-0.2, 0) is 54.2 Å².